The van der Waals surface area contributed by atoms with Crippen LogP contribution in [0.3, 0.4) is 0 Å². The Bertz CT molecular complexity index is 1060. The summed E-state index contributed by atoms with van der Waals surface area (Å²) in [5, 5.41) is 13.2. The van der Waals surface area contributed by atoms with Crippen molar-refractivity contribution in [1.29, 1.82) is 0 Å². The first-order valence-corrected chi connectivity index (χ1v) is 9.98. The number of hydrogen-bond acceptors (Lipinski definition) is 4. The summed E-state index contributed by atoms with van der Waals surface area (Å²) in [4.78, 5) is 23.1. The molecule has 0 amide bonds. The average Bonchev–Trinajstić information content (AvgIpc) is 2.74. The highest BCUT2D eigenvalue weighted by Gasteiger charge is 2.32. The molecule has 1 aliphatic rings. The molecule has 0 spiro atoms. The highest BCUT2D eigenvalue weighted by atomic mass is 16.6. The molecular weight excluding hydrogens is 366 g/mol. The predicted octanol–water partition coefficient (Wildman–Crippen LogP) is 5.94. The third-order valence-corrected chi connectivity index (χ3v) is 5.83. The quantitative estimate of drug-likeness (QED) is 0.314. The number of nitrogens with zero attached hydrogens (tertiary/aromatic N) is 1. The Labute approximate surface area is 169 Å². The van der Waals surface area contributed by atoms with Crippen LogP contribution in [0.2, 0.25) is 0 Å². The first kappa shape index (κ1) is 19.1. The molecule has 1 fully saturated rings. The molecule has 0 saturated heterocycles. The summed E-state index contributed by atoms with van der Waals surface area (Å²) in [7, 11) is 0. The molecular formula is C24H23NO4. The number of carbonyl (C=O) groups is 1. The highest BCUT2D eigenvalue weighted by molar-refractivity contribution is 5.90. The molecule has 3 aromatic carbocycles. The van der Waals surface area contributed by atoms with Crippen LogP contribution < -0.4 is 0 Å². The van der Waals surface area contributed by atoms with Gasteiger partial charge in [0.15, 0.2) is 0 Å². The van der Waals surface area contributed by atoms with Gasteiger partial charge in [-0.1, -0.05) is 42.8 Å². The number of non-ortho nitro benzene ring substituents is 1. The standard InChI is InChI=1S/C24H23NO4/c1-16-10-11-17-6-2-3-7-20(17)23(16)21-8-4-5-9-22(21)29-24(26)18-12-14-19(15-13-18)25(27)28/h2-3,6-7,10-15,21-22H,4-5,8-9H2,1H3/t21-,22+/m0/s1. The van der Waals surface area contributed by atoms with E-state index in [0.717, 1.165) is 25.7 Å². The van der Waals surface area contributed by atoms with Crippen LogP contribution in [0.25, 0.3) is 10.8 Å². The van der Waals surface area contributed by atoms with Crippen molar-refractivity contribution in [3.05, 3.63) is 87.5 Å². The molecule has 1 saturated carbocycles. The molecule has 0 aromatic heterocycles. The Morgan fingerprint density at radius 1 is 1.00 bits per heavy atom. The zero-order valence-corrected chi connectivity index (χ0v) is 16.3. The van der Waals surface area contributed by atoms with Gasteiger partial charge in [-0.15, -0.1) is 0 Å². The third kappa shape index (κ3) is 3.86. The van der Waals surface area contributed by atoms with Gasteiger partial charge in [0.25, 0.3) is 5.69 Å². The van der Waals surface area contributed by atoms with Gasteiger partial charge in [-0.25, -0.2) is 4.79 Å². The predicted molar refractivity (Wildman–Crippen MR) is 112 cm³/mol. The molecule has 0 N–H and O–H groups in total. The van der Waals surface area contributed by atoms with Crippen LogP contribution in [0.15, 0.2) is 60.7 Å². The van der Waals surface area contributed by atoms with E-state index in [0.29, 0.717) is 5.56 Å². The van der Waals surface area contributed by atoms with Crippen LogP contribution in [0.5, 0.6) is 0 Å². The lowest BCUT2D eigenvalue weighted by molar-refractivity contribution is -0.384. The van der Waals surface area contributed by atoms with Gasteiger partial charge in [0, 0.05) is 18.1 Å². The smallest absolute Gasteiger partial charge is 0.338 e. The van der Waals surface area contributed by atoms with Crippen LogP contribution in [0.4, 0.5) is 5.69 Å². The van der Waals surface area contributed by atoms with E-state index in [4.69, 9.17) is 4.74 Å². The molecule has 3 aromatic rings. The van der Waals surface area contributed by atoms with Crippen molar-refractivity contribution < 1.29 is 14.5 Å². The van der Waals surface area contributed by atoms with E-state index in [1.54, 1.807) is 0 Å². The Hall–Kier alpha value is -3.21. The SMILES string of the molecule is Cc1ccc2ccccc2c1[C@H]1CCCC[C@H]1OC(=O)c1ccc([N+](=O)[O-])cc1. The monoisotopic (exact) mass is 389 g/mol. The molecule has 1 aliphatic carbocycles. The molecule has 2 atom stereocenters. The van der Waals surface area contributed by atoms with E-state index in [1.807, 2.05) is 12.1 Å². The number of esters is 1. The topological polar surface area (TPSA) is 69.4 Å². The maximum atomic E-state index is 12.7. The lowest BCUT2D eigenvalue weighted by Gasteiger charge is -2.33. The van der Waals surface area contributed by atoms with E-state index < -0.39 is 10.9 Å². The fourth-order valence-corrected chi connectivity index (χ4v) is 4.39. The summed E-state index contributed by atoms with van der Waals surface area (Å²) >= 11 is 0. The largest absolute Gasteiger partial charge is 0.458 e. The van der Waals surface area contributed by atoms with Gasteiger partial charge < -0.3 is 4.74 Å². The van der Waals surface area contributed by atoms with Crippen LogP contribution >= 0.6 is 0 Å². The fourth-order valence-electron chi connectivity index (χ4n) is 4.39. The number of benzene rings is 3. The van der Waals surface area contributed by atoms with E-state index in [1.165, 1.54) is 46.2 Å². The van der Waals surface area contributed by atoms with E-state index >= 15 is 0 Å². The number of nitro groups is 1. The minimum absolute atomic E-state index is 0.0385. The number of aryl methyl sites for hydroxylation is 1. The second-order valence-corrected chi connectivity index (χ2v) is 7.66. The highest BCUT2D eigenvalue weighted by Crippen LogP contribution is 2.40. The summed E-state index contributed by atoms with van der Waals surface area (Å²) in [6, 6.07) is 18.2. The normalized spacial score (nSPS) is 19.1. The Morgan fingerprint density at radius 3 is 2.48 bits per heavy atom. The van der Waals surface area contributed by atoms with Gasteiger partial charge in [0.2, 0.25) is 0 Å². The first-order chi connectivity index (χ1) is 14.0. The van der Waals surface area contributed by atoms with Gasteiger partial charge in [-0.05, 0) is 60.2 Å². The summed E-state index contributed by atoms with van der Waals surface area (Å²) in [5.74, 6) is -0.272. The third-order valence-electron chi connectivity index (χ3n) is 5.83. The van der Waals surface area contributed by atoms with Gasteiger partial charge in [-0.3, -0.25) is 10.1 Å². The lowest BCUT2D eigenvalue weighted by atomic mass is 9.78. The van der Waals surface area contributed by atoms with E-state index in [-0.39, 0.29) is 17.7 Å². The first-order valence-electron chi connectivity index (χ1n) is 9.98. The Balaban J connectivity index is 1.62. The van der Waals surface area contributed by atoms with Crippen molar-refractivity contribution in [3.63, 3.8) is 0 Å². The summed E-state index contributed by atoms with van der Waals surface area (Å²) in [6.45, 7) is 2.12. The number of fused-ring (bicyclic) bond motifs is 1. The number of nitro benzene ring substituents is 1. The van der Waals surface area contributed by atoms with Crippen molar-refractivity contribution in [3.8, 4) is 0 Å². The molecule has 29 heavy (non-hydrogen) atoms. The molecule has 148 valence electrons. The summed E-state index contributed by atoms with van der Waals surface area (Å²) in [5.41, 5.74) is 2.79. The lowest BCUT2D eigenvalue weighted by Crippen LogP contribution is -2.29. The van der Waals surface area contributed by atoms with Crippen molar-refractivity contribution in [2.45, 2.75) is 44.6 Å². The molecule has 0 aliphatic heterocycles. The second-order valence-electron chi connectivity index (χ2n) is 7.66. The van der Waals surface area contributed by atoms with Crippen molar-refractivity contribution in [1.82, 2.24) is 0 Å². The van der Waals surface area contributed by atoms with Gasteiger partial charge in [-0.2, -0.15) is 0 Å². The van der Waals surface area contributed by atoms with Gasteiger partial charge >= 0.3 is 5.97 Å². The molecule has 0 bridgehead atoms. The second kappa shape index (κ2) is 8.03. The summed E-state index contributed by atoms with van der Waals surface area (Å²) in [6.07, 6.45) is 3.74. The molecule has 4 rings (SSSR count). The fraction of sp³-hybridized carbons (Fsp3) is 0.292. The average molecular weight is 389 g/mol. The Kier molecular flexibility index (Phi) is 5.30. The molecule has 0 heterocycles. The van der Waals surface area contributed by atoms with Crippen LogP contribution in [0.1, 0.15) is 53.1 Å². The number of carbonyl (C=O) groups excluding carboxylic acids is 1. The van der Waals surface area contributed by atoms with Crippen LogP contribution in [-0.4, -0.2) is 17.0 Å². The number of hydrogen-bond donors (Lipinski definition) is 0. The van der Waals surface area contributed by atoms with Crippen molar-refractivity contribution >= 4 is 22.4 Å². The minimum Gasteiger partial charge on any atom is -0.458 e. The van der Waals surface area contributed by atoms with E-state index in [2.05, 4.69) is 31.2 Å². The number of rotatable bonds is 4. The zero-order chi connectivity index (χ0) is 20.4. The Morgan fingerprint density at radius 2 is 1.72 bits per heavy atom. The van der Waals surface area contributed by atoms with Crippen LogP contribution in [-0.2, 0) is 4.74 Å². The van der Waals surface area contributed by atoms with Gasteiger partial charge in [0.05, 0.1) is 10.5 Å². The van der Waals surface area contributed by atoms with E-state index in [9.17, 15) is 14.9 Å². The number of ether oxygens (including phenoxy) is 1. The molecule has 5 heteroatoms. The van der Waals surface area contributed by atoms with Crippen LogP contribution in [0, 0.1) is 17.0 Å². The van der Waals surface area contributed by atoms with Crippen molar-refractivity contribution in [2.75, 3.05) is 0 Å². The molecule has 0 radical (unpaired) electrons. The van der Waals surface area contributed by atoms with Gasteiger partial charge in [0.1, 0.15) is 6.10 Å². The van der Waals surface area contributed by atoms with Crippen molar-refractivity contribution in [2.24, 2.45) is 0 Å². The minimum atomic E-state index is -0.477. The maximum Gasteiger partial charge on any atom is 0.338 e. The maximum absolute atomic E-state index is 12.7. The molecule has 5 nitrogen and oxygen atoms in total. The zero-order valence-electron chi connectivity index (χ0n) is 16.3. The summed E-state index contributed by atoms with van der Waals surface area (Å²) < 4.78 is 5.94. The molecule has 0 unspecified atom stereocenters.